The molecule has 1 aromatic carbocycles. The van der Waals surface area contributed by atoms with Crippen LogP contribution in [0.3, 0.4) is 0 Å². The molecule has 1 aromatic heterocycles. The minimum absolute atomic E-state index is 0.0735. The summed E-state index contributed by atoms with van der Waals surface area (Å²) in [4.78, 5) is 10.1. The molecule has 1 heterocycles. The Bertz CT molecular complexity index is 549. The lowest BCUT2D eigenvalue weighted by Crippen LogP contribution is -2.00. The predicted octanol–water partition coefficient (Wildman–Crippen LogP) is 3.14. The largest absolute Gasteiger partial charge is 0.269 e. The second-order valence-corrected chi connectivity index (χ2v) is 4.67. The molecule has 0 spiro atoms. The third kappa shape index (κ3) is 2.87. The van der Waals surface area contributed by atoms with E-state index in [0.717, 1.165) is 11.1 Å². The van der Waals surface area contributed by atoms with Crippen molar-refractivity contribution in [2.75, 3.05) is 0 Å². The molecule has 0 N–H and O–H groups in total. The minimum Gasteiger partial charge on any atom is -0.268 e. The van der Waals surface area contributed by atoms with Gasteiger partial charge in [-0.05, 0) is 12.5 Å². The average molecular weight is 266 g/mol. The van der Waals surface area contributed by atoms with E-state index in [1.807, 2.05) is 13.1 Å². The Labute approximate surface area is 109 Å². The second-order valence-electron chi connectivity index (χ2n) is 4.01. The summed E-state index contributed by atoms with van der Waals surface area (Å²) in [5, 5.41) is 14.6. The molecule has 0 saturated heterocycles. The fraction of sp³-hybridized carbons (Fsp3) is 0.250. The summed E-state index contributed by atoms with van der Waals surface area (Å²) in [5.41, 5.74) is 2.00. The highest BCUT2D eigenvalue weighted by molar-refractivity contribution is 6.20. The number of hydrogen-bond donors (Lipinski definition) is 0. The third-order valence-electron chi connectivity index (χ3n) is 2.60. The van der Waals surface area contributed by atoms with Gasteiger partial charge in [0.05, 0.1) is 23.0 Å². The summed E-state index contributed by atoms with van der Waals surface area (Å²) in [5.74, 6) is 0. The average Bonchev–Trinajstić information content (AvgIpc) is 2.78. The van der Waals surface area contributed by atoms with Crippen molar-refractivity contribution in [2.45, 2.75) is 18.8 Å². The number of nitro groups is 1. The Morgan fingerprint density at radius 3 is 2.61 bits per heavy atom. The van der Waals surface area contributed by atoms with Crippen LogP contribution in [0, 0.1) is 10.1 Å². The van der Waals surface area contributed by atoms with Crippen molar-refractivity contribution in [1.29, 1.82) is 0 Å². The first kappa shape index (κ1) is 12.6. The highest BCUT2D eigenvalue weighted by Crippen LogP contribution is 2.18. The third-order valence-corrected chi connectivity index (χ3v) is 2.86. The highest BCUT2D eigenvalue weighted by atomic mass is 35.5. The summed E-state index contributed by atoms with van der Waals surface area (Å²) < 4.78 is 1.76. The maximum absolute atomic E-state index is 10.5. The van der Waals surface area contributed by atoms with Crippen LogP contribution in [0.5, 0.6) is 0 Å². The first-order chi connectivity index (χ1) is 8.56. The molecule has 0 aliphatic carbocycles. The van der Waals surface area contributed by atoms with E-state index in [4.69, 9.17) is 11.6 Å². The smallest absolute Gasteiger partial charge is 0.268 e. The zero-order chi connectivity index (χ0) is 13.1. The maximum atomic E-state index is 10.5. The van der Waals surface area contributed by atoms with E-state index >= 15 is 0 Å². The molecule has 0 saturated carbocycles. The number of hydrogen-bond acceptors (Lipinski definition) is 3. The number of nitro benzene ring substituents is 1. The fourth-order valence-electron chi connectivity index (χ4n) is 1.58. The molecule has 0 aliphatic heterocycles. The Balaban J connectivity index is 2.10. The molecular weight excluding hydrogens is 254 g/mol. The van der Waals surface area contributed by atoms with Gasteiger partial charge in [0.15, 0.2) is 0 Å². The molecule has 0 radical (unpaired) electrons. The zero-order valence-corrected chi connectivity index (χ0v) is 10.5. The topological polar surface area (TPSA) is 61.0 Å². The zero-order valence-electron chi connectivity index (χ0n) is 9.78. The van der Waals surface area contributed by atoms with Crippen molar-refractivity contribution in [1.82, 2.24) is 9.78 Å². The van der Waals surface area contributed by atoms with Gasteiger partial charge in [-0.25, -0.2) is 0 Å². The van der Waals surface area contributed by atoms with Crippen LogP contribution < -0.4 is 0 Å². The van der Waals surface area contributed by atoms with Gasteiger partial charge in [-0.3, -0.25) is 14.8 Å². The molecule has 5 nitrogen and oxygen atoms in total. The number of alkyl halides is 1. The molecule has 94 valence electrons. The Kier molecular flexibility index (Phi) is 3.62. The molecule has 0 amide bonds. The van der Waals surface area contributed by atoms with Crippen LogP contribution >= 0.6 is 11.6 Å². The van der Waals surface area contributed by atoms with Gasteiger partial charge >= 0.3 is 0 Å². The number of benzene rings is 1. The van der Waals surface area contributed by atoms with Crippen LogP contribution in [-0.4, -0.2) is 14.7 Å². The normalized spacial score (nSPS) is 12.3. The first-order valence-corrected chi connectivity index (χ1v) is 5.89. The second kappa shape index (κ2) is 5.18. The fourth-order valence-corrected chi connectivity index (χ4v) is 1.69. The van der Waals surface area contributed by atoms with E-state index in [-0.39, 0.29) is 11.1 Å². The van der Waals surface area contributed by atoms with Gasteiger partial charge in [0.1, 0.15) is 0 Å². The van der Waals surface area contributed by atoms with Gasteiger partial charge in [-0.15, -0.1) is 11.6 Å². The van der Waals surface area contributed by atoms with Crippen molar-refractivity contribution in [3.63, 3.8) is 0 Å². The van der Waals surface area contributed by atoms with E-state index in [1.54, 1.807) is 23.0 Å². The van der Waals surface area contributed by atoms with E-state index in [0.29, 0.717) is 6.54 Å². The van der Waals surface area contributed by atoms with Crippen molar-refractivity contribution >= 4 is 17.3 Å². The molecule has 2 rings (SSSR count). The molecule has 0 aliphatic rings. The van der Waals surface area contributed by atoms with Gasteiger partial charge in [0, 0.05) is 23.9 Å². The summed E-state index contributed by atoms with van der Waals surface area (Å²) in [6.45, 7) is 2.45. The van der Waals surface area contributed by atoms with Gasteiger partial charge in [-0.2, -0.15) is 5.10 Å². The van der Waals surface area contributed by atoms with E-state index in [9.17, 15) is 10.1 Å². The van der Waals surface area contributed by atoms with Crippen LogP contribution in [0.25, 0.3) is 0 Å². The molecule has 1 atom stereocenters. The van der Waals surface area contributed by atoms with E-state index in [2.05, 4.69) is 5.10 Å². The Morgan fingerprint density at radius 2 is 2.11 bits per heavy atom. The number of nitrogens with zero attached hydrogens (tertiary/aromatic N) is 3. The summed E-state index contributed by atoms with van der Waals surface area (Å²) in [6.07, 6.45) is 3.60. The maximum Gasteiger partial charge on any atom is 0.269 e. The Morgan fingerprint density at radius 1 is 1.44 bits per heavy atom. The number of rotatable bonds is 4. The molecule has 1 unspecified atom stereocenters. The summed E-state index contributed by atoms with van der Waals surface area (Å²) in [7, 11) is 0. The number of non-ortho nitro benzene ring substituents is 1. The van der Waals surface area contributed by atoms with E-state index in [1.165, 1.54) is 12.1 Å². The molecule has 0 bridgehead atoms. The van der Waals surface area contributed by atoms with Crippen molar-refractivity contribution in [3.8, 4) is 0 Å². The SMILES string of the molecule is CC(Cl)c1cnn(Cc2ccc([N+](=O)[O-])cc2)c1. The number of halogens is 1. The van der Waals surface area contributed by atoms with Crippen LogP contribution in [0.2, 0.25) is 0 Å². The number of aromatic nitrogens is 2. The molecule has 18 heavy (non-hydrogen) atoms. The van der Waals surface area contributed by atoms with E-state index < -0.39 is 4.92 Å². The minimum atomic E-state index is -0.412. The predicted molar refractivity (Wildman–Crippen MR) is 68.7 cm³/mol. The monoisotopic (exact) mass is 265 g/mol. The van der Waals surface area contributed by atoms with Crippen LogP contribution in [0.1, 0.15) is 23.4 Å². The lowest BCUT2D eigenvalue weighted by Gasteiger charge is -2.01. The quantitative estimate of drug-likeness (QED) is 0.485. The van der Waals surface area contributed by atoms with Crippen LogP contribution in [0.4, 0.5) is 5.69 Å². The van der Waals surface area contributed by atoms with Gasteiger partial charge < -0.3 is 0 Å². The molecule has 2 aromatic rings. The standard InChI is InChI=1S/C12H12ClN3O2/c1-9(13)11-6-14-15(8-11)7-10-2-4-12(5-3-10)16(17)18/h2-6,8-9H,7H2,1H3. The molecule has 6 heteroatoms. The summed E-state index contributed by atoms with van der Waals surface area (Å²) >= 11 is 5.95. The summed E-state index contributed by atoms with van der Waals surface area (Å²) in [6, 6.07) is 6.43. The molecule has 0 fully saturated rings. The first-order valence-electron chi connectivity index (χ1n) is 5.46. The van der Waals surface area contributed by atoms with Gasteiger partial charge in [-0.1, -0.05) is 12.1 Å². The van der Waals surface area contributed by atoms with Gasteiger partial charge in [0.2, 0.25) is 0 Å². The highest BCUT2D eigenvalue weighted by Gasteiger charge is 2.06. The van der Waals surface area contributed by atoms with Crippen molar-refractivity contribution < 1.29 is 4.92 Å². The Hall–Kier alpha value is -1.88. The van der Waals surface area contributed by atoms with Crippen LogP contribution in [0.15, 0.2) is 36.7 Å². The van der Waals surface area contributed by atoms with Crippen molar-refractivity contribution in [2.24, 2.45) is 0 Å². The van der Waals surface area contributed by atoms with Crippen LogP contribution in [-0.2, 0) is 6.54 Å². The molecular formula is C12H12ClN3O2. The lowest BCUT2D eigenvalue weighted by atomic mass is 10.2. The van der Waals surface area contributed by atoms with Crippen molar-refractivity contribution in [3.05, 3.63) is 57.9 Å². The lowest BCUT2D eigenvalue weighted by molar-refractivity contribution is -0.384. The van der Waals surface area contributed by atoms with Gasteiger partial charge in [0.25, 0.3) is 5.69 Å².